The van der Waals surface area contributed by atoms with Crippen molar-refractivity contribution in [2.45, 2.75) is 38.3 Å². The van der Waals surface area contributed by atoms with Crippen LogP contribution in [0.15, 0.2) is 60.8 Å². The number of aryl methyl sites for hydroxylation is 2. The number of nitrogens with one attached hydrogen (secondary N) is 2. The first-order valence-corrected chi connectivity index (χ1v) is 9.72. The van der Waals surface area contributed by atoms with E-state index in [0.717, 1.165) is 19.3 Å². The summed E-state index contributed by atoms with van der Waals surface area (Å²) in [5.41, 5.74) is 4.92. The molecule has 4 heteroatoms. The summed E-state index contributed by atoms with van der Waals surface area (Å²) in [4.78, 5) is 16.2. The summed E-state index contributed by atoms with van der Waals surface area (Å²) in [7, 11) is 0. The van der Waals surface area contributed by atoms with Gasteiger partial charge in [-0.05, 0) is 48.4 Å². The molecular formula is C23H23N3O. The summed E-state index contributed by atoms with van der Waals surface area (Å²) in [6.07, 6.45) is 5.75. The van der Waals surface area contributed by atoms with E-state index < -0.39 is 0 Å². The number of aromatic nitrogens is 2. The number of para-hydroxylation sites is 2. The molecule has 0 spiro atoms. The summed E-state index contributed by atoms with van der Waals surface area (Å²) in [6, 6.07) is 18.9. The minimum Gasteiger partial charge on any atom is -0.356 e. The number of hydrogen-bond acceptors (Lipinski definition) is 1. The second-order valence-corrected chi connectivity index (χ2v) is 7.39. The van der Waals surface area contributed by atoms with E-state index in [1.165, 1.54) is 33.1 Å². The van der Waals surface area contributed by atoms with Gasteiger partial charge in [-0.2, -0.15) is 0 Å². The Labute approximate surface area is 158 Å². The van der Waals surface area contributed by atoms with Crippen LogP contribution in [0.2, 0.25) is 0 Å². The van der Waals surface area contributed by atoms with Crippen LogP contribution >= 0.6 is 0 Å². The molecule has 4 nitrogen and oxygen atoms in total. The molecule has 5 rings (SSSR count). The SMILES string of the molecule is O=C(CCn1ccc2ccccc21)NC1CCCc2c1[nH]c1ccccc21. The predicted octanol–water partition coefficient (Wildman–Crippen LogP) is 4.71. The molecule has 1 unspecified atom stereocenters. The van der Waals surface area contributed by atoms with Gasteiger partial charge in [-0.25, -0.2) is 0 Å². The van der Waals surface area contributed by atoms with Crippen molar-refractivity contribution in [1.82, 2.24) is 14.9 Å². The van der Waals surface area contributed by atoms with Crippen molar-refractivity contribution in [3.63, 3.8) is 0 Å². The summed E-state index contributed by atoms with van der Waals surface area (Å²) in [6.45, 7) is 0.700. The molecule has 2 N–H and O–H groups in total. The van der Waals surface area contributed by atoms with Crippen LogP contribution in [0.5, 0.6) is 0 Å². The lowest BCUT2D eigenvalue weighted by atomic mass is 9.91. The number of fused-ring (bicyclic) bond motifs is 4. The van der Waals surface area contributed by atoms with Gasteiger partial charge in [-0.15, -0.1) is 0 Å². The molecule has 136 valence electrons. The molecule has 0 fully saturated rings. The van der Waals surface area contributed by atoms with E-state index in [2.05, 4.69) is 63.5 Å². The highest BCUT2D eigenvalue weighted by Gasteiger charge is 2.25. The molecule has 0 aliphatic heterocycles. The Bertz CT molecular complexity index is 1120. The van der Waals surface area contributed by atoms with Crippen LogP contribution < -0.4 is 5.32 Å². The fourth-order valence-electron chi connectivity index (χ4n) is 4.38. The lowest BCUT2D eigenvalue weighted by Gasteiger charge is -2.24. The van der Waals surface area contributed by atoms with Crippen LogP contribution in [0.1, 0.15) is 36.6 Å². The summed E-state index contributed by atoms with van der Waals surface area (Å²) in [5, 5.41) is 5.78. The first-order valence-electron chi connectivity index (χ1n) is 9.72. The van der Waals surface area contributed by atoms with Gasteiger partial charge in [-0.1, -0.05) is 36.4 Å². The van der Waals surface area contributed by atoms with Crippen LogP contribution in [0.4, 0.5) is 0 Å². The fourth-order valence-corrected chi connectivity index (χ4v) is 4.38. The number of carbonyl (C=O) groups is 1. The molecule has 2 heterocycles. The molecule has 27 heavy (non-hydrogen) atoms. The van der Waals surface area contributed by atoms with Crippen molar-refractivity contribution < 1.29 is 4.79 Å². The third-order valence-electron chi connectivity index (χ3n) is 5.71. The Balaban J connectivity index is 1.30. The topological polar surface area (TPSA) is 49.8 Å². The Morgan fingerprint density at radius 2 is 1.96 bits per heavy atom. The molecule has 0 bridgehead atoms. The third-order valence-corrected chi connectivity index (χ3v) is 5.71. The molecule has 1 atom stereocenters. The van der Waals surface area contributed by atoms with Crippen LogP contribution in [-0.4, -0.2) is 15.5 Å². The number of rotatable bonds is 4. The molecule has 2 aromatic heterocycles. The number of amides is 1. The Morgan fingerprint density at radius 3 is 2.93 bits per heavy atom. The number of hydrogen-bond donors (Lipinski definition) is 2. The fraction of sp³-hybridized carbons (Fsp3) is 0.261. The van der Waals surface area contributed by atoms with E-state index >= 15 is 0 Å². The molecule has 2 aromatic carbocycles. The second-order valence-electron chi connectivity index (χ2n) is 7.39. The van der Waals surface area contributed by atoms with Crippen LogP contribution in [0.3, 0.4) is 0 Å². The van der Waals surface area contributed by atoms with Gasteiger partial charge >= 0.3 is 0 Å². The number of H-pyrrole nitrogens is 1. The third kappa shape index (κ3) is 2.91. The van der Waals surface area contributed by atoms with E-state index in [9.17, 15) is 4.79 Å². The monoisotopic (exact) mass is 357 g/mol. The lowest BCUT2D eigenvalue weighted by Crippen LogP contribution is -2.31. The predicted molar refractivity (Wildman–Crippen MR) is 109 cm³/mol. The lowest BCUT2D eigenvalue weighted by molar-refractivity contribution is -0.122. The van der Waals surface area contributed by atoms with Crippen LogP contribution in [0.25, 0.3) is 21.8 Å². The number of carbonyl (C=O) groups excluding carboxylic acids is 1. The molecular weight excluding hydrogens is 334 g/mol. The zero-order valence-electron chi connectivity index (χ0n) is 15.2. The van der Waals surface area contributed by atoms with Gasteiger partial charge < -0.3 is 14.9 Å². The normalized spacial score (nSPS) is 16.5. The van der Waals surface area contributed by atoms with Gasteiger partial charge in [0, 0.05) is 41.3 Å². The van der Waals surface area contributed by atoms with Gasteiger partial charge in [0.15, 0.2) is 0 Å². The van der Waals surface area contributed by atoms with E-state index in [1.807, 2.05) is 12.1 Å². The number of aromatic amines is 1. The molecule has 1 aliphatic carbocycles. The Hall–Kier alpha value is -3.01. The largest absolute Gasteiger partial charge is 0.356 e. The smallest absolute Gasteiger partial charge is 0.222 e. The standard InChI is InChI=1S/C23H23N3O/c27-22(13-15-26-14-12-16-6-1-4-11-21(16)26)24-20-10-5-8-18-17-7-2-3-9-19(17)25-23(18)20/h1-4,6-7,9,11-12,14,20,25H,5,8,10,13,15H2,(H,24,27). The Kier molecular flexibility index (Phi) is 3.97. The molecule has 4 aromatic rings. The van der Waals surface area contributed by atoms with Gasteiger partial charge in [0.25, 0.3) is 0 Å². The highest BCUT2D eigenvalue weighted by Crippen LogP contribution is 2.34. The molecule has 1 aliphatic rings. The first kappa shape index (κ1) is 16.2. The summed E-state index contributed by atoms with van der Waals surface area (Å²) >= 11 is 0. The summed E-state index contributed by atoms with van der Waals surface area (Å²) in [5.74, 6) is 0.115. The van der Waals surface area contributed by atoms with Crippen molar-refractivity contribution in [3.05, 3.63) is 72.1 Å². The van der Waals surface area contributed by atoms with E-state index in [-0.39, 0.29) is 11.9 Å². The van der Waals surface area contributed by atoms with Crippen LogP contribution in [0, 0.1) is 0 Å². The summed E-state index contributed by atoms with van der Waals surface area (Å²) < 4.78 is 2.16. The Morgan fingerprint density at radius 1 is 1.11 bits per heavy atom. The van der Waals surface area contributed by atoms with Crippen molar-refractivity contribution in [3.8, 4) is 0 Å². The average molecular weight is 357 g/mol. The van der Waals surface area contributed by atoms with E-state index in [0.29, 0.717) is 13.0 Å². The number of benzene rings is 2. The maximum absolute atomic E-state index is 12.6. The molecule has 0 saturated heterocycles. The van der Waals surface area contributed by atoms with E-state index in [4.69, 9.17) is 0 Å². The van der Waals surface area contributed by atoms with Gasteiger partial charge in [-0.3, -0.25) is 4.79 Å². The van der Waals surface area contributed by atoms with Gasteiger partial charge in [0.1, 0.15) is 0 Å². The van der Waals surface area contributed by atoms with Crippen molar-refractivity contribution in [2.24, 2.45) is 0 Å². The van der Waals surface area contributed by atoms with Crippen molar-refractivity contribution in [2.75, 3.05) is 0 Å². The van der Waals surface area contributed by atoms with Crippen molar-refractivity contribution >= 4 is 27.7 Å². The van der Waals surface area contributed by atoms with Gasteiger partial charge in [0.05, 0.1) is 6.04 Å². The highest BCUT2D eigenvalue weighted by atomic mass is 16.1. The molecule has 0 radical (unpaired) electrons. The van der Waals surface area contributed by atoms with Crippen molar-refractivity contribution in [1.29, 1.82) is 0 Å². The minimum absolute atomic E-state index is 0.0926. The zero-order valence-corrected chi connectivity index (χ0v) is 15.2. The maximum Gasteiger partial charge on any atom is 0.222 e. The average Bonchev–Trinajstić information content (AvgIpc) is 3.28. The van der Waals surface area contributed by atoms with Crippen LogP contribution in [-0.2, 0) is 17.8 Å². The quantitative estimate of drug-likeness (QED) is 0.546. The van der Waals surface area contributed by atoms with E-state index in [1.54, 1.807) is 0 Å². The molecule has 0 saturated carbocycles. The zero-order chi connectivity index (χ0) is 18.2. The minimum atomic E-state index is 0.0926. The molecule has 1 amide bonds. The maximum atomic E-state index is 12.6. The second kappa shape index (κ2) is 6.62. The first-order chi connectivity index (χ1) is 13.3. The highest BCUT2D eigenvalue weighted by molar-refractivity contribution is 5.85. The van der Waals surface area contributed by atoms with Gasteiger partial charge in [0.2, 0.25) is 5.91 Å². The number of nitrogens with zero attached hydrogens (tertiary/aromatic N) is 1.